The number of para-hydroxylation sites is 1. The molecule has 0 atom stereocenters. The first-order valence-electron chi connectivity index (χ1n) is 9.21. The first-order valence-corrected chi connectivity index (χ1v) is 9.59. The number of nitrogens with one attached hydrogen (secondary N) is 1. The van der Waals surface area contributed by atoms with Gasteiger partial charge in [0.1, 0.15) is 28.6 Å². The van der Waals surface area contributed by atoms with Gasteiger partial charge in [-0.25, -0.2) is 13.5 Å². The molecule has 0 spiro atoms. The molecular formula is C21H12ClF5N4O2. The Labute approximate surface area is 187 Å². The number of benzene rings is 2. The van der Waals surface area contributed by atoms with Crippen LogP contribution in [0.15, 0.2) is 53.2 Å². The van der Waals surface area contributed by atoms with E-state index < -0.39 is 57.7 Å². The lowest BCUT2D eigenvalue weighted by atomic mass is 10.0. The molecule has 1 amide bonds. The molecule has 12 heteroatoms. The van der Waals surface area contributed by atoms with E-state index in [1.807, 2.05) is 0 Å². The monoisotopic (exact) mass is 482 g/mol. The Bertz CT molecular complexity index is 1340. The van der Waals surface area contributed by atoms with Crippen molar-refractivity contribution in [2.75, 3.05) is 7.05 Å². The summed E-state index contributed by atoms with van der Waals surface area (Å²) in [6.07, 6.45) is -4.29. The third-order valence-electron chi connectivity index (χ3n) is 4.71. The van der Waals surface area contributed by atoms with E-state index in [1.54, 1.807) is 0 Å². The van der Waals surface area contributed by atoms with Crippen LogP contribution < -0.4 is 5.32 Å². The molecule has 0 saturated heterocycles. The number of carbonyl (C=O) groups excluding carboxylic acids is 1. The van der Waals surface area contributed by atoms with Crippen LogP contribution in [0, 0.1) is 11.6 Å². The average molecular weight is 483 g/mol. The Hall–Kier alpha value is -3.73. The van der Waals surface area contributed by atoms with Gasteiger partial charge in [0.25, 0.3) is 5.91 Å². The number of nitrogens with zero attached hydrogens (tertiary/aromatic N) is 3. The standard InChI is InChI=1S/C21H12ClF5N4O2/c1-28-20(32)16-17(15-11(22)5-4-7-13(15)24)30-33-18(16)10-9-29-31(19(10)21(25,26)27)14-8-3-2-6-12(14)23/h2-9H,1H3,(H,28,32). The molecule has 0 aliphatic carbocycles. The summed E-state index contributed by atoms with van der Waals surface area (Å²) < 4.78 is 76.5. The van der Waals surface area contributed by atoms with E-state index in [0.29, 0.717) is 4.68 Å². The van der Waals surface area contributed by atoms with Gasteiger partial charge in [-0.2, -0.15) is 18.3 Å². The fraction of sp³-hybridized carbons (Fsp3) is 0.0952. The van der Waals surface area contributed by atoms with Crippen molar-refractivity contribution in [2.45, 2.75) is 6.18 Å². The van der Waals surface area contributed by atoms with E-state index in [4.69, 9.17) is 16.1 Å². The molecule has 0 bridgehead atoms. The summed E-state index contributed by atoms with van der Waals surface area (Å²) in [7, 11) is 1.22. The van der Waals surface area contributed by atoms with Gasteiger partial charge >= 0.3 is 6.18 Å². The molecular weight excluding hydrogens is 471 g/mol. The highest BCUT2D eigenvalue weighted by Gasteiger charge is 2.42. The normalized spacial score (nSPS) is 11.6. The van der Waals surface area contributed by atoms with Crippen molar-refractivity contribution < 1.29 is 31.3 Å². The molecule has 4 aromatic rings. The topological polar surface area (TPSA) is 73.0 Å². The fourth-order valence-corrected chi connectivity index (χ4v) is 3.55. The van der Waals surface area contributed by atoms with Crippen LogP contribution in [0.25, 0.3) is 28.3 Å². The number of hydrogen-bond donors (Lipinski definition) is 1. The molecule has 2 aromatic carbocycles. The van der Waals surface area contributed by atoms with Crippen molar-refractivity contribution in [1.82, 2.24) is 20.3 Å². The fourth-order valence-electron chi connectivity index (χ4n) is 3.30. The molecule has 0 fully saturated rings. The molecule has 33 heavy (non-hydrogen) atoms. The Morgan fingerprint density at radius 3 is 2.42 bits per heavy atom. The van der Waals surface area contributed by atoms with Crippen LogP contribution in [0.5, 0.6) is 0 Å². The highest BCUT2D eigenvalue weighted by molar-refractivity contribution is 6.33. The minimum absolute atomic E-state index is 0.141. The van der Waals surface area contributed by atoms with Crippen LogP contribution in [0.1, 0.15) is 16.1 Å². The molecule has 0 aliphatic rings. The molecule has 2 heterocycles. The van der Waals surface area contributed by atoms with Gasteiger partial charge in [-0.1, -0.05) is 35.0 Å². The predicted octanol–water partition coefficient (Wildman–Crippen LogP) is 5.50. The van der Waals surface area contributed by atoms with Gasteiger partial charge in [0.15, 0.2) is 11.5 Å². The van der Waals surface area contributed by atoms with Crippen molar-refractivity contribution >= 4 is 17.5 Å². The minimum Gasteiger partial charge on any atom is -0.355 e. The van der Waals surface area contributed by atoms with Crippen LogP contribution in [-0.2, 0) is 6.18 Å². The lowest BCUT2D eigenvalue weighted by Crippen LogP contribution is -2.20. The molecule has 6 nitrogen and oxygen atoms in total. The second kappa shape index (κ2) is 8.32. The zero-order valence-electron chi connectivity index (χ0n) is 16.5. The second-order valence-electron chi connectivity index (χ2n) is 6.68. The Morgan fingerprint density at radius 1 is 1.09 bits per heavy atom. The van der Waals surface area contributed by atoms with Gasteiger partial charge in [0.2, 0.25) is 0 Å². The lowest BCUT2D eigenvalue weighted by molar-refractivity contribution is -0.142. The van der Waals surface area contributed by atoms with Crippen molar-refractivity contribution in [3.8, 4) is 28.3 Å². The molecule has 170 valence electrons. The zero-order chi connectivity index (χ0) is 23.9. The second-order valence-corrected chi connectivity index (χ2v) is 7.09. The van der Waals surface area contributed by atoms with E-state index in [2.05, 4.69) is 15.6 Å². The Morgan fingerprint density at radius 2 is 1.79 bits per heavy atom. The largest absolute Gasteiger partial charge is 0.434 e. The van der Waals surface area contributed by atoms with E-state index in [9.17, 15) is 26.7 Å². The summed E-state index contributed by atoms with van der Waals surface area (Å²) in [5, 5.41) is 9.43. The van der Waals surface area contributed by atoms with E-state index in [0.717, 1.165) is 24.4 Å². The van der Waals surface area contributed by atoms with Gasteiger partial charge in [0.05, 0.1) is 22.3 Å². The maximum Gasteiger partial charge on any atom is 0.434 e. The zero-order valence-corrected chi connectivity index (χ0v) is 17.3. The quantitative estimate of drug-likeness (QED) is 0.390. The molecule has 0 radical (unpaired) electrons. The van der Waals surface area contributed by atoms with Gasteiger partial charge in [-0.3, -0.25) is 4.79 Å². The van der Waals surface area contributed by atoms with Crippen LogP contribution in [0.3, 0.4) is 0 Å². The van der Waals surface area contributed by atoms with Gasteiger partial charge in [-0.15, -0.1) is 0 Å². The average Bonchev–Trinajstić information content (AvgIpc) is 3.38. The number of halogens is 6. The number of hydrogen-bond acceptors (Lipinski definition) is 4. The molecule has 2 aromatic heterocycles. The first-order chi connectivity index (χ1) is 15.6. The van der Waals surface area contributed by atoms with E-state index in [-0.39, 0.29) is 10.6 Å². The summed E-state index contributed by atoms with van der Waals surface area (Å²) in [5.74, 6) is -3.38. The third kappa shape index (κ3) is 3.84. The van der Waals surface area contributed by atoms with Gasteiger partial charge < -0.3 is 9.84 Å². The summed E-state index contributed by atoms with van der Waals surface area (Å²) >= 11 is 6.05. The maximum absolute atomic E-state index is 14.5. The van der Waals surface area contributed by atoms with E-state index >= 15 is 0 Å². The molecule has 0 unspecified atom stereocenters. The van der Waals surface area contributed by atoms with Gasteiger partial charge in [0, 0.05) is 7.05 Å². The van der Waals surface area contributed by atoms with Gasteiger partial charge in [-0.05, 0) is 24.3 Å². The summed E-state index contributed by atoms with van der Waals surface area (Å²) in [5.41, 5.74) is -3.82. The van der Waals surface area contributed by atoms with Crippen LogP contribution in [0.4, 0.5) is 22.0 Å². The molecule has 4 rings (SSSR count). The summed E-state index contributed by atoms with van der Waals surface area (Å²) in [6, 6.07) is 8.39. The maximum atomic E-state index is 14.5. The predicted molar refractivity (Wildman–Crippen MR) is 108 cm³/mol. The smallest absolute Gasteiger partial charge is 0.355 e. The third-order valence-corrected chi connectivity index (χ3v) is 5.02. The van der Waals surface area contributed by atoms with Crippen molar-refractivity contribution in [3.05, 3.63) is 76.6 Å². The highest BCUT2D eigenvalue weighted by Crippen LogP contribution is 2.43. The van der Waals surface area contributed by atoms with Crippen molar-refractivity contribution in [2.24, 2.45) is 0 Å². The highest BCUT2D eigenvalue weighted by atomic mass is 35.5. The van der Waals surface area contributed by atoms with Crippen molar-refractivity contribution in [1.29, 1.82) is 0 Å². The number of amides is 1. The lowest BCUT2D eigenvalue weighted by Gasteiger charge is -2.13. The summed E-state index contributed by atoms with van der Waals surface area (Å²) in [6.45, 7) is 0. The Balaban J connectivity index is 2.02. The molecule has 1 N–H and O–H groups in total. The number of rotatable bonds is 4. The number of carbonyl (C=O) groups is 1. The molecule has 0 saturated carbocycles. The minimum atomic E-state index is -5.04. The van der Waals surface area contributed by atoms with E-state index in [1.165, 1.54) is 31.3 Å². The van der Waals surface area contributed by atoms with Crippen LogP contribution in [0.2, 0.25) is 5.02 Å². The first kappa shape index (κ1) is 22.5. The number of aromatic nitrogens is 3. The summed E-state index contributed by atoms with van der Waals surface area (Å²) in [4.78, 5) is 12.6. The van der Waals surface area contributed by atoms with Crippen molar-refractivity contribution in [3.63, 3.8) is 0 Å². The molecule has 0 aliphatic heterocycles. The van der Waals surface area contributed by atoms with Crippen LogP contribution in [-0.4, -0.2) is 27.9 Å². The number of alkyl halides is 3. The SMILES string of the molecule is CNC(=O)c1c(-c2c(F)cccc2Cl)noc1-c1cnn(-c2ccccc2F)c1C(F)(F)F. The Kier molecular flexibility index (Phi) is 5.66. The van der Waals surface area contributed by atoms with Crippen LogP contribution >= 0.6 is 11.6 Å².